The van der Waals surface area contributed by atoms with Crippen molar-refractivity contribution in [3.63, 3.8) is 0 Å². The predicted molar refractivity (Wildman–Crippen MR) is 143 cm³/mol. The van der Waals surface area contributed by atoms with Crippen molar-refractivity contribution in [3.05, 3.63) is 35.9 Å². The summed E-state index contributed by atoms with van der Waals surface area (Å²) in [5.74, 6) is -0.283. The van der Waals surface area contributed by atoms with Crippen LogP contribution in [0, 0.1) is 5.92 Å². The smallest absolute Gasteiger partial charge is 0.233 e. The first-order valence-corrected chi connectivity index (χ1v) is 12.7. The number of hydrogen-bond acceptors (Lipinski definition) is 4. The van der Waals surface area contributed by atoms with Crippen LogP contribution in [0.1, 0.15) is 108 Å². The van der Waals surface area contributed by atoms with E-state index in [1.807, 2.05) is 55.4 Å². The van der Waals surface area contributed by atoms with Gasteiger partial charge in [-0.2, -0.15) is 0 Å². The molecule has 4 amide bonds. The standard InChI is InChI=1S/C10H14.C9H15NO2.C8H13NO2.C2H6/c1-10(2,3)9-7-5-4-6-8-9;1-6-5-7(11)10(8(6)12)9(2,3)4;1-8(2,3)9-6(10)4-5-7(9)11;1-2/h4-8H,1-3H3;6H,5H2,1-4H3;4-5H2,1-3H3;1-2H3. The molecule has 0 spiro atoms. The third-order valence-corrected chi connectivity index (χ3v) is 5.41. The van der Waals surface area contributed by atoms with E-state index in [-0.39, 0.29) is 40.6 Å². The molecule has 0 bridgehead atoms. The molecule has 1 unspecified atom stereocenters. The lowest BCUT2D eigenvalue weighted by atomic mass is 9.87. The largest absolute Gasteiger partial charge is 0.277 e. The molecule has 2 aliphatic rings. The zero-order valence-corrected chi connectivity index (χ0v) is 24.1. The number of amides is 4. The second-order valence-electron chi connectivity index (χ2n) is 11.8. The molecule has 0 aliphatic carbocycles. The highest BCUT2D eigenvalue weighted by atomic mass is 16.2. The van der Waals surface area contributed by atoms with Gasteiger partial charge in [-0.1, -0.05) is 71.9 Å². The zero-order chi connectivity index (χ0) is 27.8. The third-order valence-electron chi connectivity index (χ3n) is 5.41. The molecule has 2 saturated heterocycles. The summed E-state index contributed by atoms with van der Waals surface area (Å²) in [7, 11) is 0. The van der Waals surface area contributed by atoms with E-state index in [0.717, 1.165) is 0 Å². The molecule has 35 heavy (non-hydrogen) atoms. The van der Waals surface area contributed by atoms with Crippen molar-refractivity contribution in [1.29, 1.82) is 0 Å². The van der Waals surface area contributed by atoms with Crippen LogP contribution in [0.15, 0.2) is 30.3 Å². The number of imide groups is 2. The molecule has 1 aromatic rings. The molecule has 198 valence electrons. The van der Waals surface area contributed by atoms with Gasteiger partial charge >= 0.3 is 0 Å². The highest BCUT2D eigenvalue weighted by Gasteiger charge is 2.41. The van der Waals surface area contributed by atoms with Crippen molar-refractivity contribution in [2.75, 3.05) is 0 Å². The summed E-state index contributed by atoms with van der Waals surface area (Å²) in [6.45, 7) is 23.7. The normalized spacial score (nSPS) is 18.3. The second kappa shape index (κ2) is 13.0. The highest BCUT2D eigenvalue weighted by molar-refractivity contribution is 6.04. The van der Waals surface area contributed by atoms with Crippen LogP contribution in [0.4, 0.5) is 0 Å². The minimum Gasteiger partial charge on any atom is -0.277 e. The Labute approximate surface area is 213 Å². The molecule has 2 fully saturated rings. The van der Waals surface area contributed by atoms with Crippen LogP contribution >= 0.6 is 0 Å². The Morgan fingerprint density at radius 3 is 1.26 bits per heavy atom. The van der Waals surface area contributed by atoms with Crippen molar-refractivity contribution in [3.8, 4) is 0 Å². The number of benzene rings is 1. The van der Waals surface area contributed by atoms with Gasteiger partial charge in [-0.15, -0.1) is 0 Å². The van der Waals surface area contributed by atoms with Gasteiger partial charge in [0.1, 0.15) is 0 Å². The lowest BCUT2D eigenvalue weighted by Crippen LogP contribution is -2.45. The number of hydrogen-bond donors (Lipinski definition) is 0. The van der Waals surface area contributed by atoms with E-state index < -0.39 is 0 Å². The fraction of sp³-hybridized carbons (Fsp3) is 0.655. The van der Waals surface area contributed by atoms with Gasteiger partial charge in [0, 0.05) is 36.3 Å². The van der Waals surface area contributed by atoms with Gasteiger partial charge in [0.25, 0.3) is 0 Å². The van der Waals surface area contributed by atoms with Crippen molar-refractivity contribution < 1.29 is 19.2 Å². The lowest BCUT2D eigenvalue weighted by Gasteiger charge is -2.29. The molecule has 6 nitrogen and oxygen atoms in total. The summed E-state index contributed by atoms with van der Waals surface area (Å²) < 4.78 is 0. The van der Waals surface area contributed by atoms with E-state index in [4.69, 9.17) is 0 Å². The first kappa shape index (κ1) is 32.5. The summed E-state index contributed by atoms with van der Waals surface area (Å²) in [6.07, 6.45) is 1.14. The molecule has 6 heteroatoms. The van der Waals surface area contributed by atoms with E-state index >= 15 is 0 Å². The number of carbonyl (C=O) groups is 4. The Bertz CT molecular complexity index is 839. The average Bonchev–Trinajstić information content (AvgIpc) is 3.20. The van der Waals surface area contributed by atoms with Gasteiger partial charge in [-0.3, -0.25) is 29.0 Å². The van der Waals surface area contributed by atoms with E-state index in [2.05, 4.69) is 51.1 Å². The predicted octanol–water partition coefficient (Wildman–Crippen LogP) is 6.12. The fourth-order valence-corrected chi connectivity index (χ4v) is 3.75. The van der Waals surface area contributed by atoms with Crippen LogP contribution in [-0.2, 0) is 24.6 Å². The molecule has 1 atom stereocenters. The molecule has 3 rings (SSSR count). The van der Waals surface area contributed by atoms with Gasteiger partial charge in [-0.05, 0) is 52.5 Å². The summed E-state index contributed by atoms with van der Waals surface area (Å²) in [4.78, 5) is 47.8. The van der Waals surface area contributed by atoms with Crippen molar-refractivity contribution in [1.82, 2.24) is 9.80 Å². The SMILES string of the molecule is CC.CC(C)(C)N1C(=O)CCC1=O.CC(C)(C)c1ccccc1.CC1CC(=O)N(C(C)(C)C)C1=O. The molecule has 0 saturated carbocycles. The van der Waals surface area contributed by atoms with Crippen LogP contribution in [0.5, 0.6) is 0 Å². The minimum absolute atomic E-state index is 0.0347. The van der Waals surface area contributed by atoms with Crippen LogP contribution in [0.3, 0.4) is 0 Å². The summed E-state index contributed by atoms with van der Waals surface area (Å²) >= 11 is 0. The fourth-order valence-electron chi connectivity index (χ4n) is 3.75. The van der Waals surface area contributed by atoms with Crippen molar-refractivity contribution >= 4 is 23.6 Å². The molecule has 0 aromatic heterocycles. The van der Waals surface area contributed by atoms with Gasteiger partial charge in [0.15, 0.2) is 0 Å². The van der Waals surface area contributed by atoms with E-state index in [9.17, 15) is 19.2 Å². The van der Waals surface area contributed by atoms with Crippen LogP contribution in [0.2, 0.25) is 0 Å². The second-order valence-corrected chi connectivity index (χ2v) is 11.8. The van der Waals surface area contributed by atoms with Gasteiger partial charge < -0.3 is 0 Å². The summed E-state index contributed by atoms with van der Waals surface area (Å²) in [6, 6.07) is 10.6. The van der Waals surface area contributed by atoms with Gasteiger partial charge in [0.05, 0.1) is 0 Å². The quantitative estimate of drug-likeness (QED) is 0.412. The van der Waals surface area contributed by atoms with Crippen molar-refractivity contribution in [2.45, 2.75) is 119 Å². The minimum atomic E-state index is -0.362. The Morgan fingerprint density at radius 1 is 0.657 bits per heavy atom. The highest BCUT2D eigenvalue weighted by Crippen LogP contribution is 2.26. The van der Waals surface area contributed by atoms with Crippen molar-refractivity contribution in [2.24, 2.45) is 5.92 Å². The average molecular weight is 489 g/mol. The number of likely N-dealkylation sites (tertiary alicyclic amines) is 2. The topological polar surface area (TPSA) is 74.8 Å². The Kier molecular flexibility index (Phi) is 12.1. The van der Waals surface area contributed by atoms with E-state index in [1.54, 1.807) is 6.92 Å². The number of nitrogens with zero attached hydrogens (tertiary/aromatic N) is 2. The Hall–Kier alpha value is -2.50. The van der Waals surface area contributed by atoms with Gasteiger partial charge in [0.2, 0.25) is 23.6 Å². The molecule has 0 N–H and O–H groups in total. The van der Waals surface area contributed by atoms with Crippen LogP contribution in [0.25, 0.3) is 0 Å². The maximum atomic E-state index is 11.5. The first-order chi connectivity index (χ1) is 15.9. The maximum Gasteiger partial charge on any atom is 0.233 e. The maximum absolute atomic E-state index is 11.5. The molecule has 1 aromatic carbocycles. The molecule has 0 radical (unpaired) electrons. The lowest BCUT2D eigenvalue weighted by molar-refractivity contribution is -0.145. The number of rotatable bonds is 0. The molecule has 2 aliphatic heterocycles. The van der Waals surface area contributed by atoms with Gasteiger partial charge in [-0.25, -0.2) is 0 Å². The van der Waals surface area contributed by atoms with Crippen LogP contribution in [-0.4, -0.2) is 44.5 Å². The molecular formula is C29H48N2O4. The number of carbonyl (C=O) groups excluding carboxylic acids is 4. The van der Waals surface area contributed by atoms with Crippen LogP contribution < -0.4 is 0 Å². The summed E-state index contributed by atoms with van der Waals surface area (Å²) in [5, 5.41) is 0. The molecular weight excluding hydrogens is 440 g/mol. The Morgan fingerprint density at radius 2 is 1.06 bits per heavy atom. The first-order valence-electron chi connectivity index (χ1n) is 12.7. The Balaban J connectivity index is 0.000000480. The third kappa shape index (κ3) is 9.95. The van der Waals surface area contributed by atoms with E-state index in [0.29, 0.717) is 24.7 Å². The van der Waals surface area contributed by atoms with E-state index in [1.165, 1.54) is 15.4 Å². The molecule has 2 heterocycles. The monoisotopic (exact) mass is 488 g/mol. The summed E-state index contributed by atoms with van der Waals surface area (Å²) in [5.41, 5.74) is 0.986. The zero-order valence-electron chi connectivity index (χ0n) is 24.1.